The van der Waals surface area contributed by atoms with E-state index in [0.717, 1.165) is 16.2 Å². The molecule has 6 heteroatoms. The predicted molar refractivity (Wildman–Crippen MR) is 74.7 cm³/mol. The van der Waals surface area contributed by atoms with Gasteiger partial charge in [-0.15, -0.1) is 0 Å². The van der Waals surface area contributed by atoms with Crippen molar-refractivity contribution in [3.8, 4) is 11.6 Å². The molecule has 1 aromatic heterocycles. The molecule has 1 aromatic carbocycles. The molecule has 100 valence electrons. The summed E-state index contributed by atoms with van der Waals surface area (Å²) in [5.41, 5.74) is 6.38. The molecule has 0 atom stereocenters. The maximum Gasteiger partial charge on any atom is 0.260 e. The van der Waals surface area contributed by atoms with Crippen LogP contribution in [0, 0.1) is 5.82 Å². The topological polar surface area (TPSA) is 61.0 Å². The van der Waals surface area contributed by atoms with Crippen LogP contribution in [0.3, 0.4) is 0 Å². The SMILES string of the molecule is CC(C)c1cc(Br)ccc1Oc1nc(N)ncc1F. The van der Waals surface area contributed by atoms with E-state index in [1.165, 1.54) is 0 Å². The summed E-state index contributed by atoms with van der Waals surface area (Å²) in [5.74, 6) is -0.0619. The maximum atomic E-state index is 13.6. The smallest absolute Gasteiger partial charge is 0.260 e. The number of hydrogen-bond donors (Lipinski definition) is 1. The summed E-state index contributed by atoms with van der Waals surface area (Å²) in [6.07, 6.45) is 0.992. The van der Waals surface area contributed by atoms with Crippen molar-refractivity contribution >= 4 is 21.9 Å². The molecule has 0 aliphatic carbocycles. The van der Waals surface area contributed by atoms with Crippen molar-refractivity contribution < 1.29 is 9.13 Å². The van der Waals surface area contributed by atoms with Gasteiger partial charge in [0.2, 0.25) is 11.8 Å². The zero-order chi connectivity index (χ0) is 14.0. The van der Waals surface area contributed by atoms with Crippen molar-refractivity contribution in [3.63, 3.8) is 0 Å². The van der Waals surface area contributed by atoms with Crippen LogP contribution in [-0.4, -0.2) is 9.97 Å². The minimum Gasteiger partial charge on any atom is -0.436 e. The highest BCUT2D eigenvalue weighted by atomic mass is 79.9. The maximum absolute atomic E-state index is 13.6. The molecule has 0 amide bonds. The Labute approximate surface area is 119 Å². The normalized spacial score (nSPS) is 10.8. The van der Waals surface area contributed by atoms with Crippen LogP contribution >= 0.6 is 15.9 Å². The van der Waals surface area contributed by atoms with Gasteiger partial charge in [0.25, 0.3) is 5.88 Å². The molecule has 0 saturated carbocycles. The minimum atomic E-state index is -0.646. The van der Waals surface area contributed by atoms with E-state index in [-0.39, 0.29) is 17.7 Å². The fourth-order valence-corrected chi connectivity index (χ4v) is 1.98. The van der Waals surface area contributed by atoms with E-state index in [2.05, 4.69) is 25.9 Å². The summed E-state index contributed by atoms with van der Waals surface area (Å²) >= 11 is 3.40. The fraction of sp³-hybridized carbons (Fsp3) is 0.231. The van der Waals surface area contributed by atoms with Gasteiger partial charge >= 0.3 is 0 Å². The standard InChI is InChI=1S/C13H13BrFN3O/c1-7(2)9-5-8(14)3-4-11(9)19-12-10(15)6-17-13(16)18-12/h3-7H,1-2H3,(H2,16,17,18). The second kappa shape index (κ2) is 5.52. The van der Waals surface area contributed by atoms with Crippen LogP contribution in [0.1, 0.15) is 25.3 Å². The lowest BCUT2D eigenvalue weighted by atomic mass is 10.0. The number of nitrogens with zero attached hydrogens (tertiary/aromatic N) is 2. The summed E-state index contributed by atoms with van der Waals surface area (Å²) in [4.78, 5) is 7.31. The molecule has 0 bridgehead atoms. The molecule has 0 aliphatic rings. The van der Waals surface area contributed by atoms with E-state index in [0.29, 0.717) is 5.75 Å². The molecule has 2 N–H and O–H groups in total. The first kappa shape index (κ1) is 13.7. The molecular formula is C13H13BrFN3O. The average molecular weight is 326 g/mol. The third-order valence-corrected chi connectivity index (χ3v) is 3.02. The highest BCUT2D eigenvalue weighted by Crippen LogP contribution is 2.33. The van der Waals surface area contributed by atoms with Crippen molar-refractivity contribution in [2.75, 3.05) is 5.73 Å². The first-order chi connectivity index (χ1) is 8.97. The number of halogens is 2. The van der Waals surface area contributed by atoms with Crippen molar-refractivity contribution in [2.24, 2.45) is 0 Å². The van der Waals surface area contributed by atoms with Gasteiger partial charge in [-0.2, -0.15) is 9.37 Å². The zero-order valence-corrected chi connectivity index (χ0v) is 12.1. The van der Waals surface area contributed by atoms with E-state index in [1.54, 1.807) is 6.07 Å². The van der Waals surface area contributed by atoms with Gasteiger partial charge in [-0.3, -0.25) is 0 Å². The Hall–Kier alpha value is -1.69. The molecule has 0 spiro atoms. The number of ether oxygens (including phenoxy) is 1. The first-order valence-electron chi connectivity index (χ1n) is 5.72. The Balaban J connectivity index is 2.40. The highest BCUT2D eigenvalue weighted by Gasteiger charge is 2.13. The van der Waals surface area contributed by atoms with Gasteiger partial charge in [-0.1, -0.05) is 29.8 Å². The van der Waals surface area contributed by atoms with Gasteiger partial charge in [-0.05, 0) is 29.7 Å². The van der Waals surface area contributed by atoms with E-state index in [4.69, 9.17) is 10.5 Å². The number of rotatable bonds is 3. The predicted octanol–water partition coefficient (Wildman–Crippen LogP) is 3.88. The molecule has 4 nitrogen and oxygen atoms in total. The molecule has 0 saturated heterocycles. The van der Waals surface area contributed by atoms with Gasteiger partial charge in [0.1, 0.15) is 5.75 Å². The minimum absolute atomic E-state index is 0.0281. The number of nitrogens with two attached hydrogens (primary N) is 1. The van der Waals surface area contributed by atoms with E-state index in [9.17, 15) is 4.39 Å². The Morgan fingerprint density at radius 1 is 1.37 bits per heavy atom. The monoisotopic (exact) mass is 325 g/mol. The Kier molecular flexibility index (Phi) is 3.99. The molecule has 1 heterocycles. The molecular weight excluding hydrogens is 313 g/mol. The Bertz CT molecular complexity index is 604. The quantitative estimate of drug-likeness (QED) is 0.930. The number of anilines is 1. The molecule has 19 heavy (non-hydrogen) atoms. The van der Waals surface area contributed by atoms with Gasteiger partial charge in [-0.25, -0.2) is 4.98 Å². The number of benzene rings is 1. The van der Waals surface area contributed by atoms with Gasteiger partial charge in [0, 0.05) is 4.47 Å². The van der Waals surface area contributed by atoms with Crippen LogP contribution in [-0.2, 0) is 0 Å². The van der Waals surface area contributed by atoms with Crippen molar-refractivity contribution in [2.45, 2.75) is 19.8 Å². The molecule has 0 unspecified atom stereocenters. The second-order valence-corrected chi connectivity index (χ2v) is 5.24. The number of nitrogen functional groups attached to an aromatic ring is 1. The molecule has 2 rings (SSSR count). The second-order valence-electron chi connectivity index (χ2n) is 4.32. The first-order valence-corrected chi connectivity index (χ1v) is 6.52. The molecule has 0 radical (unpaired) electrons. The Morgan fingerprint density at radius 2 is 2.11 bits per heavy atom. The largest absolute Gasteiger partial charge is 0.436 e. The third-order valence-electron chi connectivity index (χ3n) is 2.53. The van der Waals surface area contributed by atoms with Gasteiger partial charge in [0.15, 0.2) is 0 Å². The van der Waals surface area contributed by atoms with Crippen molar-refractivity contribution in [1.82, 2.24) is 9.97 Å². The summed E-state index contributed by atoms with van der Waals surface area (Å²) in [5, 5.41) is 0. The lowest BCUT2D eigenvalue weighted by Crippen LogP contribution is -2.01. The van der Waals surface area contributed by atoms with Crippen LogP contribution in [0.15, 0.2) is 28.9 Å². The van der Waals surface area contributed by atoms with E-state index < -0.39 is 5.82 Å². The molecule has 2 aromatic rings. The van der Waals surface area contributed by atoms with Crippen LogP contribution in [0.25, 0.3) is 0 Å². The average Bonchev–Trinajstić information content (AvgIpc) is 2.35. The summed E-state index contributed by atoms with van der Waals surface area (Å²) in [6.45, 7) is 4.05. The lowest BCUT2D eigenvalue weighted by molar-refractivity contribution is 0.415. The van der Waals surface area contributed by atoms with Crippen LogP contribution in [0.5, 0.6) is 11.6 Å². The molecule has 0 fully saturated rings. The van der Waals surface area contributed by atoms with Crippen molar-refractivity contribution in [3.05, 3.63) is 40.2 Å². The lowest BCUT2D eigenvalue weighted by Gasteiger charge is -2.14. The number of aromatic nitrogens is 2. The summed E-state index contributed by atoms with van der Waals surface area (Å²) in [7, 11) is 0. The third kappa shape index (κ3) is 3.20. The van der Waals surface area contributed by atoms with E-state index in [1.807, 2.05) is 26.0 Å². The van der Waals surface area contributed by atoms with Gasteiger partial charge in [0.05, 0.1) is 6.20 Å². The van der Waals surface area contributed by atoms with Crippen LogP contribution in [0.4, 0.5) is 10.3 Å². The number of hydrogen-bond acceptors (Lipinski definition) is 4. The highest BCUT2D eigenvalue weighted by molar-refractivity contribution is 9.10. The van der Waals surface area contributed by atoms with Crippen LogP contribution in [0.2, 0.25) is 0 Å². The van der Waals surface area contributed by atoms with E-state index >= 15 is 0 Å². The van der Waals surface area contributed by atoms with Crippen LogP contribution < -0.4 is 10.5 Å². The Morgan fingerprint density at radius 3 is 2.79 bits per heavy atom. The summed E-state index contributed by atoms with van der Waals surface area (Å²) in [6, 6.07) is 5.52. The fourth-order valence-electron chi connectivity index (χ4n) is 1.60. The molecule has 0 aliphatic heterocycles. The zero-order valence-electron chi connectivity index (χ0n) is 10.5. The summed E-state index contributed by atoms with van der Waals surface area (Å²) < 4.78 is 20.0. The van der Waals surface area contributed by atoms with Crippen molar-refractivity contribution in [1.29, 1.82) is 0 Å². The van der Waals surface area contributed by atoms with Gasteiger partial charge < -0.3 is 10.5 Å².